The van der Waals surface area contributed by atoms with Crippen LogP contribution in [0.4, 0.5) is 0 Å². The van der Waals surface area contributed by atoms with Crippen molar-refractivity contribution >= 4 is 0 Å². The normalized spacial score (nSPS) is 25.0. The maximum Gasteiger partial charge on any atom is 0.232 e. The fraction of sp³-hybridized carbons (Fsp3) is 0.615. The summed E-state index contributed by atoms with van der Waals surface area (Å²) in [5.41, 5.74) is 1.20. The minimum Gasteiger partial charge on any atom is -0.227 e. The van der Waals surface area contributed by atoms with Gasteiger partial charge in [-0.3, -0.25) is 0 Å². The molecule has 16 heavy (non-hydrogen) atoms. The molecule has 3 heteroatoms. The van der Waals surface area contributed by atoms with Gasteiger partial charge in [0.1, 0.15) is 6.07 Å². The number of rotatable bonds is 2. The summed E-state index contributed by atoms with van der Waals surface area (Å²) in [5.74, 6) is 1.79. The van der Waals surface area contributed by atoms with Gasteiger partial charge in [0.05, 0.1) is 0 Å². The van der Waals surface area contributed by atoms with Crippen LogP contribution in [0.2, 0.25) is 0 Å². The van der Waals surface area contributed by atoms with Gasteiger partial charge in [0.25, 0.3) is 0 Å². The van der Waals surface area contributed by atoms with Crippen LogP contribution in [-0.2, 0) is 0 Å². The van der Waals surface area contributed by atoms with E-state index in [-0.39, 0.29) is 5.82 Å². The first kappa shape index (κ1) is 11.1. The fourth-order valence-electron chi connectivity index (χ4n) is 2.51. The molecule has 0 saturated heterocycles. The molecule has 0 atom stereocenters. The van der Waals surface area contributed by atoms with E-state index in [2.05, 4.69) is 16.9 Å². The van der Waals surface area contributed by atoms with E-state index < -0.39 is 0 Å². The van der Waals surface area contributed by atoms with Crippen LogP contribution in [0.5, 0.6) is 0 Å². The average molecular weight is 215 g/mol. The van der Waals surface area contributed by atoms with Gasteiger partial charge < -0.3 is 0 Å². The molecule has 0 spiro atoms. The molecule has 0 unspecified atom stereocenters. The molecule has 0 bridgehead atoms. The second-order valence-electron chi connectivity index (χ2n) is 4.58. The molecule has 1 aromatic rings. The first-order chi connectivity index (χ1) is 7.83. The van der Waals surface area contributed by atoms with Crippen LogP contribution >= 0.6 is 0 Å². The van der Waals surface area contributed by atoms with Crippen molar-refractivity contribution in [3.8, 4) is 6.07 Å². The van der Waals surface area contributed by atoms with Crippen LogP contribution in [0, 0.1) is 17.2 Å². The Morgan fingerprint density at radius 3 is 2.38 bits per heavy atom. The highest BCUT2D eigenvalue weighted by Crippen LogP contribution is 2.36. The summed E-state index contributed by atoms with van der Waals surface area (Å²) in [6, 6.07) is 1.95. The molecule has 0 N–H and O–H groups in total. The Hall–Kier alpha value is -1.43. The largest absolute Gasteiger partial charge is 0.232 e. The average Bonchev–Trinajstić information content (AvgIpc) is 2.39. The predicted molar refractivity (Wildman–Crippen MR) is 61.7 cm³/mol. The van der Waals surface area contributed by atoms with Crippen molar-refractivity contribution in [1.82, 2.24) is 9.97 Å². The third-order valence-corrected chi connectivity index (χ3v) is 3.67. The monoisotopic (exact) mass is 215 g/mol. The van der Waals surface area contributed by atoms with Gasteiger partial charge >= 0.3 is 0 Å². The first-order valence-electron chi connectivity index (χ1n) is 6.05. The highest BCUT2D eigenvalue weighted by atomic mass is 14.9. The summed E-state index contributed by atoms with van der Waals surface area (Å²) >= 11 is 0. The third-order valence-electron chi connectivity index (χ3n) is 3.67. The molecule has 1 aromatic heterocycles. The Labute approximate surface area is 96.5 Å². The summed E-state index contributed by atoms with van der Waals surface area (Å²) in [4.78, 5) is 8.08. The van der Waals surface area contributed by atoms with E-state index in [1.165, 1.54) is 37.7 Å². The Bertz CT molecular complexity index is 369. The first-order valence-corrected chi connectivity index (χ1v) is 6.05. The van der Waals surface area contributed by atoms with Crippen molar-refractivity contribution < 1.29 is 0 Å². The second-order valence-corrected chi connectivity index (χ2v) is 4.58. The van der Waals surface area contributed by atoms with Gasteiger partial charge in [0.15, 0.2) is 0 Å². The standard InChI is InChI=1S/C13H17N3/c1-2-10-3-5-11(6-4-10)12-8-15-13(7-14)16-9-12/h8-11H,2-6H2,1H3. The molecule has 0 aliphatic heterocycles. The van der Waals surface area contributed by atoms with Crippen LogP contribution < -0.4 is 0 Å². The molecule has 1 aliphatic carbocycles. The van der Waals surface area contributed by atoms with Gasteiger partial charge in [-0.2, -0.15) is 5.26 Å². The van der Waals surface area contributed by atoms with Crippen LogP contribution in [0.15, 0.2) is 12.4 Å². The Morgan fingerprint density at radius 1 is 1.25 bits per heavy atom. The second kappa shape index (κ2) is 5.07. The molecule has 1 saturated carbocycles. The summed E-state index contributed by atoms with van der Waals surface area (Å²) in [5, 5.41) is 8.63. The lowest BCUT2D eigenvalue weighted by atomic mass is 9.78. The maximum atomic E-state index is 8.63. The number of aromatic nitrogens is 2. The topological polar surface area (TPSA) is 49.6 Å². The minimum atomic E-state index is 0.269. The zero-order chi connectivity index (χ0) is 11.4. The molecule has 0 radical (unpaired) electrons. The zero-order valence-corrected chi connectivity index (χ0v) is 9.69. The third kappa shape index (κ3) is 2.38. The number of hydrogen-bond donors (Lipinski definition) is 0. The lowest BCUT2D eigenvalue weighted by molar-refractivity contribution is 0.318. The van der Waals surface area contributed by atoms with Crippen LogP contribution in [0.1, 0.15) is 56.3 Å². The quantitative estimate of drug-likeness (QED) is 0.761. The van der Waals surface area contributed by atoms with Crippen LogP contribution in [0.25, 0.3) is 0 Å². The zero-order valence-electron chi connectivity index (χ0n) is 9.69. The molecule has 1 aliphatic rings. The molecule has 2 rings (SSSR count). The van der Waals surface area contributed by atoms with Crippen molar-refractivity contribution in [2.75, 3.05) is 0 Å². The van der Waals surface area contributed by atoms with E-state index in [1.807, 2.05) is 18.5 Å². The molecule has 1 heterocycles. The predicted octanol–water partition coefficient (Wildman–Crippen LogP) is 3.03. The van der Waals surface area contributed by atoms with Crippen LogP contribution in [-0.4, -0.2) is 9.97 Å². The lowest BCUT2D eigenvalue weighted by Crippen LogP contribution is -2.13. The van der Waals surface area contributed by atoms with E-state index in [1.54, 1.807) is 0 Å². The van der Waals surface area contributed by atoms with Gasteiger partial charge in [-0.1, -0.05) is 13.3 Å². The van der Waals surface area contributed by atoms with Crippen molar-refractivity contribution in [2.45, 2.75) is 44.9 Å². The maximum absolute atomic E-state index is 8.63. The van der Waals surface area contributed by atoms with Crippen molar-refractivity contribution in [1.29, 1.82) is 5.26 Å². The smallest absolute Gasteiger partial charge is 0.227 e. The molecule has 3 nitrogen and oxygen atoms in total. The molecular formula is C13H17N3. The van der Waals surface area contributed by atoms with Crippen molar-refractivity contribution in [2.24, 2.45) is 5.92 Å². The van der Waals surface area contributed by atoms with E-state index in [4.69, 9.17) is 5.26 Å². The highest BCUT2D eigenvalue weighted by molar-refractivity contribution is 5.17. The summed E-state index contributed by atoms with van der Waals surface area (Å²) in [6.07, 6.45) is 10.1. The van der Waals surface area contributed by atoms with Crippen molar-refractivity contribution in [3.05, 3.63) is 23.8 Å². The summed E-state index contributed by atoms with van der Waals surface area (Å²) in [6.45, 7) is 2.27. The summed E-state index contributed by atoms with van der Waals surface area (Å²) in [7, 11) is 0. The van der Waals surface area contributed by atoms with Gasteiger partial charge in [0.2, 0.25) is 5.82 Å². The highest BCUT2D eigenvalue weighted by Gasteiger charge is 2.21. The molecular weight excluding hydrogens is 198 g/mol. The van der Waals surface area contributed by atoms with E-state index in [0.717, 1.165) is 5.92 Å². The van der Waals surface area contributed by atoms with Gasteiger partial charge in [0, 0.05) is 12.4 Å². The van der Waals surface area contributed by atoms with Crippen molar-refractivity contribution in [3.63, 3.8) is 0 Å². The van der Waals surface area contributed by atoms with E-state index in [9.17, 15) is 0 Å². The van der Waals surface area contributed by atoms with Gasteiger partial charge in [-0.25, -0.2) is 9.97 Å². The van der Waals surface area contributed by atoms with E-state index >= 15 is 0 Å². The number of nitrogens with zero attached hydrogens (tertiary/aromatic N) is 3. The molecule has 84 valence electrons. The van der Waals surface area contributed by atoms with E-state index in [0.29, 0.717) is 5.92 Å². The Balaban J connectivity index is 2.00. The molecule has 0 amide bonds. The fourth-order valence-corrected chi connectivity index (χ4v) is 2.51. The lowest BCUT2D eigenvalue weighted by Gasteiger charge is -2.27. The Kier molecular flexibility index (Phi) is 3.51. The molecule has 0 aromatic carbocycles. The SMILES string of the molecule is CCC1CCC(c2cnc(C#N)nc2)CC1. The Morgan fingerprint density at radius 2 is 1.88 bits per heavy atom. The van der Waals surface area contributed by atoms with Crippen LogP contribution in [0.3, 0.4) is 0 Å². The summed E-state index contributed by atoms with van der Waals surface area (Å²) < 4.78 is 0. The molecule has 1 fully saturated rings. The minimum absolute atomic E-state index is 0.269. The number of nitriles is 1. The number of hydrogen-bond acceptors (Lipinski definition) is 3. The van der Waals surface area contributed by atoms with Gasteiger partial charge in [-0.15, -0.1) is 0 Å². The van der Waals surface area contributed by atoms with Gasteiger partial charge in [-0.05, 0) is 43.1 Å².